The molecule has 1 heterocycles. The highest BCUT2D eigenvalue weighted by Crippen LogP contribution is 2.28. The molecule has 5 nitrogen and oxygen atoms in total. The van der Waals surface area contributed by atoms with Gasteiger partial charge < -0.3 is 15.0 Å². The van der Waals surface area contributed by atoms with Crippen LogP contribution >= 0.6 is 0 Å². The lowest BCUT2D eigenvalue weighted by Gasteiger charge is -2.33. The highest BCUT2D eigenvalue weighted by molar-refractivity contribution is 5.89. The first-order valence-corrected chi connectivity index (χ1v) is 8.37. The Balaban J connectivity index is 1.63. The third-order valence-corrected chi connectivity index (χ3v) is 4.67. The normalized spacial score (nSPS) is 21.1. The maximum Gasteiger partial charge on any atom is 0.337 e. The van der Waals surface area contributed by atoms with Crippen LogP contribution < -0.4 is 5.32 Å². The molecule has 1 aliphatic heterocycles. The van der Waals surface area contributed by atoms with Crippen LogP contribution in [0, 0.1) is 0 Å². The van der Waals surface area contributed by atoms with E-state index in [1.165, 1.54) is 20.0 Å². The molecule has 0 spiro atoms. The minimum absolute atomic E-state index is 0.186. The Morgan fingerprint density at radius 1 is 1.30 bits per heavy atom. The van der Waals surface area contributed by atoms with Gasteiger partial charge in [0, 0.05) is 25.0 Å². The third-order valence-electron chi connectivity index (χ3n) is 4.67. The van der Waals surface area contributed by atoms with E-state index in [1.807, 2.05) is 23.1 Å². The van der Waals surface area contributed by atoms with Gasteiger partial charge in [0.15, 0.2) is 0 Å². The van der Waals surface area contributed by atoms with E-state index in [-0.39, 0.29) is 11.9 Å². The molecule has 2 aliphatic rings. The zero-order valence-electron chi connectivity index (χ0n) is 13.6. The fraction of sp³-hybridized carbons (Fsp3) is 0.556. The second-order valence-corrected chi connectivity index (χ2v) is 6.45. The molecule has 1 N–H and O–H groups in total. The van der Waals surface area contributed by atoms with Crippen molar-refractivity contribution in [1.29, 1.82) is 0 Å². The van der Waals surface area contributed by atoms with Gasteiger partial charge in [0.1, 0.15) is 0 Å². The average molecular weight is 316 g/mol. The fourth-order valence-electron chi connectivity index (χ4n) is 3.14. The van der Waals surface area contributed by atoms with E-state index in [1.54, 1.807) is 6.07 Å². The number of piperidine rings is 1. The molecule has 1 saturated heterocycles. The molecule has 1 atom stereocenters. The first-order chi connectivity index (χ1) is 11.2. The van der Waals surface area contributed by atoms with Crippen LogP contribution in [0.4, 0.5) is 0 Å². The lowest BCUT2D eigenvalue weighted by atomic mass is 9.89. The molecule has 3 rings (SSSR count). The molecule has 2 fully saturated rings. The van der Waals surface area contributed by atoms with E-state index in [4.69, 9.17) is 4.74 Å². The zero-order valence-corrected chi connectivity index (χ0v) is 13.6. The fourth-order valence-corrected chi connectivity index (χ4v) is 3.14. The van der Waals surface area contributed by atoms with E-state index < -0.39 is 0 Å². The van der Waals surface area contributed by atoms with Gasteiger partial charge in [0.2, 0.25) is 5.91 Å². The number of methoxy groups -OCH3 is 1. The molecule has 0 radical (unpaired) electrons. The van der Waals surface area contributed by atoms with Gasteiger partial charge in [-0.25, -0.2) is 4.79 Å². The third kappa shape index (κ3) is 4.10. The summed E-state index contributed by atoms with van der Waals surface area (Å²) in [5.74, 6) is 0.160. The van der Waals surface area contributed by atoms with Crippen molar-refractivity contribution in [2.45, 2.75) is 37.6 Å². The number of amides is 1. The number of nitrogens with zero attached hydrogens (tertiary/aromatic N) is 1. The van der Waals surface area contributed by atoms with Crippen molar-refractivity contribution in [3.05, 3.63) is 35.4 Å². The summed E-state index contributed by atoms with van der Waals surface area (Å²) in [6.07, 6.45) is 4.43. The SMILES string of the molecule is COC(=O)c1cccc(C2CCCN(C(=O)CNC3CC3)C2)c1. The Kier molecular flexibility index (Phi) is 4.96. The van der Waals surface area contributed by atoms with Crippen molar-refractivity contribution < 1.29 is 14.3 Å². The number of ether oxygens (including phenoxy) is 1. The number of benzene rings is 1. The van der Waals surface area contributed by atoms with Crippen molar-refractivity contribution >= 4 is 11.9 Å². The number of carbonyl (C=O) groups is 2. The highest BCUT2D eigenvalue weighted by Gasteiger charge is 2.27. The summed E-state index contributed by atoms with van der Waals surface area (Å²) in [5, 5.41) is 3.29. The van der Waals surface area contributed by atoms with Crippen LogP contribution in [-0.2, 0) is 9.53 Å². The lowest BCUT2D eigenvalue weighted by molar-refractivity contribution is -0.131. The number of nitrogens with one attached hydrogen (secondary N) is 1. The summed E-state index contributed by atoms with van der Waals surface area (Å²) in [6, 6.07) is 8.13. The monoisotopic (exact) mass is 316 g/mol. The molecule has 1 aliphatic carbocycles. The topological polar surface area (TPSA) is 58.6 Å². The Labute approximate surface area is 137 Å². The second-order valence-electron chi connectivity index (χ2n) is 6.45. The van der Waals surface area contributed by atoms with Crippen LogP contribution in [-0.4, -0.2) is 49.6 Å². The highest BCUT2D eigenvalue weighted by atomic mass is 16.5. The molecule has 1 aromatic rings. The number of likely N-dealkylation sites (tertiary alicyclic amines) is 1. The van der Waals surface area contributed by atoms with Gasteiger partial charge in [0.05, 0.1) is 19.2 Å². The van der Waals surface area contributed by atoms with E-state index >= 15 is 0 Å². The van der Waals surface area contributed by atoms with E-state index in [0.717, 1.165) is 31.5 Å². The summed E-state index contributed by atoms with van der Waals surface area (Å²) in [7, 11) is 1.39. The minimum atomic E-state index is -0.316. The molecule has 0 bridgehead atoms. The summed E-state index contributed by atoms with van der Waals surface area (Å²) in [5.41, 5.74) is 1.68. The van der Waals surface area contributed by atoms with Gasteiger partial charge in [-0.1, -0.05) is 12.1 Å². The summed E-state index contributed by atoms with van der Waals surface area (Å²) >= 11 is 0. The molecule has 0 aromatic heterocycles. The van der Waals surface area contributed by atoms with Gasteiger partial charge in [0.25, 0.3) is 0 Å². The smallest absolute Gasteiger partial charge is 0.337 e. The van der Waals surface area contributed by atoms with Crippen LogP contribution in [0.5, 0.6) is 0 Å². The Hall–Kier alpha value is -1.88. The second kappa shape index (κ2) is 7.13. The van der Waals surface area contributed by atoms with E-state index in [2.05, 4.69) is 5.32 Å². The molecule has 124 valence electrons. The number of rotatable bonds is 5. The standard InChI is InChI=1S/C18H24N2O3/c1-23-18(22)14-5-2-4-13(10-14)15-6-3-9-20(12-15)17(21)11-19-16-7-8-16/h2,4-5,10,15-16,19H,3,6-9,11-12H2,1H3. The van der Waals surface area contributed by atoms with Gasteiger partial charge in [-0.2, -0.15) is 0 Å². The number of esters is 1. The average Bonchev–Trinajstić information content (AvgIpc) is 3.43. The molecule has 1 amide bonds. The predicted molar refractivity (Wildman–Crippen MR) is 87.4 cm³/mol. The zero-order chi connectivity index (χ0) is 16.2. The van der Waals surface area contributed by atoms with Crippen molar-refractivity contribution in [3.8, 4) is 0 Å². The molecule has 23 heavy (non-hydrogen) atoms. The Bertz CT molecular complexity index is 583. The molecule has 1 saturated carbocycles. The van der Waals surface area contributed by atoms with Crippen LogP contribution in [0.25, 0.3) is 0 Å². The first-order valence-electron chi connectivity index (χ1n) is 8.37. The number of carbonyl (C=O) groups excluding carboxylic acids is 2. The molecular weight excluding hydrogens is 292 g/mol. The first kappa shape index (κ1) is 16.0. The van der Waals surface area contributed by atoms with Gasteiger partial charge in [-0.15, -0.1) is 0 Å². The quantitative estimate of drug-likeness (QED) is 0.843. The Morgan fingerprint density at radius 3 is 2.87 bits per heavy atom. The van der Waals surface area contributed by atoms with E-state index in [0.29, 0.717) is 24.1 Å². The predicted octanol–water partition coefficient (Wildman–Crippen LogP) is 1.93. The Morgan fingerprint density at radius 2 is 2.13 bits per heavy atom. The van der Waals surface area contributed by atoms with E-state index in [9.17, 15) is 9.59 Å². The maximum atomic E-state index is 12.3. The molecular formula is C18H24N2O3. The lowest BCUT2D eigenvalue weighted by Crippen LogP contribution is -2.43. The number of hydrogen-bond donors (Lipinski definition) is 1. The van der Waals surface area contributed by atoms with Crippen LogP contribution in [0.2, 0.25) is 0 Å². The van der Waals surface area contributed by atoms with Crippen LogP contribution in [0.1, 0.15) is 47.5 Å². The van der Waals surface area contributed by atoms with Crippen molar-refractivity contribution in [1.82, 2.24) is 10.2 Å². The van der Waals surface area contributed by atoms with Crippen LogP contribution in [0.3, 0.4) is 0 Å². The molecule has 1 aromatic carbocycles. The van der Waals surface area contributed by atoms with Gasteiger partial charge >= 0.3 is 5.97 Å². The van der Waals surface area contributed by atoms with Crippen molar-refractivity contribution in [2.24, 2.45) is 0 Å². The minimum Gasteiger partial charge on any atom is -0.465 e. The molecule has 1 unspecified atom stereocenters. The summed E-state index contributed by atoms with van der Waals surface area (Å²) in [4.78, 5) is 26.0. The largest absolute Gasteiger partial charge is 0.465 e. The van der Waals surface area contributed by atoms with Crippen molar-refractivity contribution in [2.75, 3.05) is 26.7 Å². The maximum absolute atomic E-state index is 12.3. The number of hydrogen-bond acceptors (Lipinski definition) is 4. The van der Waals surface area contributed by atoms with Crippen molar-refractivity contribution in [3.63, 3.8) is 0 Å². The van der Waals surface area contributed by atoms with Gasteiger partial charge in [-0.05, 0) is 43.4 Å². The summed E-state index contributed by atoms with van der Waals surface area (Å²) < 4.78 is 4.79. The van der Waals surface area contributed by atoms with Crippen LogP contribution in [0.15, 0.2) is 24.3 Å². The molecule has 5 heteroatoms. The summed E-state index contributed by atoms with van der Waals surface area (Å²) in [6.45, 7) is 2.01. The van der Waals surface area contributed by atoms with Gasteiger partial charge in [-0.3, -0.25) is 4.79 Å².